The number of nitrogens with zero attached hydrogens (tertiary/aromatic N) is 2. The molecule has 2 rings (SSSR count). The van der Waals surface area contributed by atoms with Crippen LogP contribution in [0.4, 0.5) is 15.8 Å². The van der Waals surface area contributed by atoms with E-state index in [0.717, 1.165) is 32.1 Å². The third-order valence-electron chi connectivity index (χ3n) is 2.82. The van der Waals surface area contributed by atoms with Gasteiger partial charge in [0, 0.05) is 25.7 Å². The molecule has 1 N–H and O–H groups in total. The van der Waals surface area contributed by atoms with Crippen molar-refractivity contribution in [2.24, 2.45) is 0 Å². The Labute approximate surface area is 98.4 Å². The first-order valence-electron chi connectivity index (χ1n) is 5.58. The number of non-ortho nitro benzene ring substituents is 1. The fourth-order valence-corrected chi connectivity index (χ4v) is 1.95. The van der Waals surface area contributed by atoms with Crippen LogP contribution in [0, 0.1) is 15.9 Å². The van der Waals surface area contributed by atoms with Gasteiger partial charge in [0.15, 0.2) is 5.82 Å². The van der Waals surface area contributed by atoms with Gasteiger partial charge < -0.3 is 10.2 Å². The predicted molar refractivity (Wildman–Crippen MR) is 62.8 cm³/mol. The van der Waals surface area contributed by atoms with Crippen LogP contribution in [0.25, 0.3) is 0 Å². The highest BCUT2D eigenvalue weighted by Gasteiger charge is 2.16. The smallest absolute Gasteiger partial charge is 0.272 e. The maximum Gasteiger partial charge on any atom is 0.272 e. The molecule has 0 unspecified atom stereocenters. The summed E-state index contributed by atoms with van der Waals surface area (Å²) in [5.41, 5.74) is 0.235. The largest absolute Gasteiger partial charge is 0.368 e. The van der Waals surface area contributed by atoms with E-state index in [-0.39, 0.29) is 5.69 Å². The van der Waals surface area contributed by atoms with E-state index in [0.29, 0.717) is 12.2 Å². The fourth-order valence-electron chi connectivity index (χ4n) is 1.95. The second kappa shape index (κ2) is 5.09. The molecule has 1 aliphatic heterocycles. The molecule has 0 spiro atoms. The SMILES string of the molecule is O=[N+]([O-])c1ccc(N2CCCNCC2)c(F)c1. The monoisotopic (exact) mass is 239 g/mol. The molecule has 1 aliphatic rings. The second-order valence-electron chi connectivity index (χ2n) is 3.98. The zero-order valence-corrected chi connectivity index (χ0v) is 9.36. The molecular weight excluding hydrogens is 225 g/mol. The maximum absolute atomic E-state index is 13.8. The van der Waals surface area contributed by atoms with Gasteiger partial charge in [-0.1, -0.05) is 0 Å². The Balaban J connectivity index is 2.22. The van der Waals surface area contributed by atoms with Crippen LogP contribution in [-0.4, -0.2) is 31.1 Å². The summed E-state index contributed by atoms with van der Waals surface area (Å²) in [4.78, 5) is 11.8. The van der Waals surface area contributed by atoms with E-state index >= 15 is 0 Å². The molecule has 5 nitrogen and oxygen atoms in total. The van der Waals surface area contributed by atoms with E-state index in [2.05, 4.69) is 5.32 Å². The predicted octanol–water partition coefficient (Wildman–Crippen LogP) is 1.53. The molecule has 1 fully saturated rings. The molecule has 0 atom stereocenters. The molecule has 0 bridgehead atoms. The lowest BCUT2D eigenvalue weighted by Gasteiger charge is -2.22. The van der Waals surface area contributed by atoms with Crippen molar-refractivity contribution in [3.8, 4) is 0 Å². The Bertz CT molecular complexity index is 417. The van der Waals surface area contributed by atoms with E-state index in [1.807, 2.05) is 4.90 Å². The summed E-state index contributed by atoms with van der Waals surface area (Å²) in [5.74, 6) is -0.527. The van der Waals surface area contributed by atoms with Gasteiger partial charge in [0.05, 0.1) is 16.7 Å². The lowest BCUT2D eigenvalue weighted by Crippen LogP contribution is -2.28. The van der Waals surface area contributed by atoms with Crippen molar-refractivity contribution in [2.75, 3.05) is 31.1 Å². The molecule has 0 radical (unpaired) electrons. The van der Waals surface area contributed by atoms with Gasteiger partial charge >= 0.3 is 0 Å². The molecule has 1 heterocycles. The number of anilines is 1. The van der Waals surface area contributed by atoms with Crippen LogP contribution in [0.2, 0.25) is 0 Å². The van der Waals surface area contributed by atoms with Gasteiger partial charge in [-0.2, -0.15) is 0 Å². The van der Waals surface area contributed by atoms with Crippen LogP contribution in [-0.2, 0) is 0 Å². The first-order chi connectivity index (χ1) is 8.18. The number of nitro groups is 1. The fraction of sp³-hybridized carbons (Fsp3) is 0.455. The quantitative estimate of drug-likeness (QED) is 0.628. The number of nitro benzene ring substituents is 1. The van der Waals surface area contributed by atoms with Crippen molar-refractivity contribution in [1.82, 2.24) is 5.32 Å². The number of halogens is 1. The van der Waals surface area contributed by atoms with Crippen molar-refractivity contribution < 1.29 is 9.31 Å². The van der Waals surface area contributed by atoms with Crippen LogP contribution < -0.4 is 10.2 Å². The Kier molecular flexibility index (Phi) is 3.53. The van der Waals surface area contributed by atoms with Gasteiger partial charge in [-0.15, -0.1) is 0 Å². The van der Waals surface area contributed by atoms with Gasteiger partial charge in [0.2, 0.25) is 0 Å². The first kappa shape index (κ1) is 11.8. The molecule has 92 valence electrons. The number of hydrogen-bond acceptors (Lipinski definition) is 4. The van der Waals surface area contributed by atoms with E-state index in [1.54, 1.807) is 0 Å². The zero-order valence-electron chi connectivity index (χ0n) is 9.36. The van der Waals surface area contributed by atoms with Gasteiger partial charge in [0.25, 0.3) is 5.69 Å². The normalized spacial score (nSPS) is 16.6. The lowest BCUT2D eigenvalue weighted by atomic mass is 10.2. The number of hydrogen-bond donors (Lipinski definition) is 1. The van der Waals surface area contributed by atoms with Crippen molar-refractivity contribution >= 4 is 11.4 Å². The van der Waals surface area contributed by atoms with E-state index in [1.165, 1.54) is 12.1 Å². The van der Waals surface area contributed by atoms with Crippen molar-refractivity contribution in [3.05, 3.63) is 34.1 Å². The minimum absolute atomic E-state index is 0.209. The van der Waals surface area contributed by atoms with E-state index < -0.39 is 10.7 Å². The average molecular weight is 239 g/mol. The topological polar surface area (TPSA) is 58.4 Å². The molecule has 6 heteroatoms. The van der Waals surface area contributed by atoms with Crippen LogP contribution in [0.15, 0.2) is 18.2 Å². The summed E-state index contributed by atoms with van der Waals surface area (Å²) in [7, 11) is 0. The summed E-state index contributed by atoms with van der Waals surface area (Å²) >= 11 is 0. The van der Waals surface area contributed by atoms with Gasteiger partial charge in [-0.05, 0) is 19.0 Å². The Morgan fingerprint density at radius 1 is 1.35 bits per heavy atom. The highest BCUT2D eigenvalue weighted by molar-refractivity contribution is 5.52. The summed E-state index contributed by atoms with van der Waals surface area (Å²) in [6, 6.07) is 3.81. The van der Waals surface area contributed by atoms with Crippen LogP contribution in [0.1, 0.15) is 6.42 Å². The van der Waals surface area contributed by atoms with E-state index in [4.69, 9.17) is 0 Å². The highest BCUT2D eigenvalue weighted by atomic mass is 19.1. The molecule has 1 aromatic rings. The Hall–Kier alpha value is -1.69. The standard InChI is InChI=1S/C11H14FN3O2/c12-10-8-9(15(16)17)2-3-11(10)14-6-1-4-13-5-7-14/h2-3,8,13H,1,4-7H2. The van der Waals surface area contributed by atoms with Gasteiger partial charge in [-0.3, -0.25) is 10.1 Å². The number of benzene rings is 1. The number of nitrogens with one attached hydrogen (secondary N) is 1. The molecule has 0 aromatic heterocycles. The molecule has 17 heavy (non-hydrogen) atoms. The second-order valence-corrected chi connectivity index (χ2v) is 3.98. The number of rotatable bonds is 2. The van der Waals surface area contributed by atoms with Crippen molar-refractivity contribution in [3.63, 3.8) is 0 Å². The van der Waals surface area contributed by atoms with Crippen LogP contribution in [0.3, 0.4) is 0 Å². The van der Waals surface area contributed by atoms with Gasteiger partial charge in [0.1, 0.15) is 0 Å². The summed E-state index contributed by atoms with van der Waals surface area (Å²) in [6.07, 6.45) is 0.941. The minimum Gasteiger partial charge on any atom is -0.368 e. The third-order valence-corrected chi connectivity index (χ3v) is 2.82. The summed E-state index contributed by atoms with van der Waals surface area (Å²) in [5, 5.41) is 13.7. The molecule has 0 saturated carbocycles. The van der Waals surface area contributed by atoms with E-state index in [9.17, 15) is 14.5 Å². The molecule has 0 aliphatic carbocycles. The van der Waals surface area contributed by atoms with Crippen molar-refractivity contribution in [2.45, 2.75) is 6.42 Å². The molecule has 1 saturated heterocycles. The van der Waals surface area contributed by atoms with Gasteiger partial charge in [-0.25, -0.2) is 4.39 Å². The molecule has 1 aromatic carbocycles. The first-order valence-corrected chi connectivity index (χ1v) is 5.58. The highest BCUT2D eigenvalue weighted by Crippen LogP contribution is 2.24. The van der Waals surface area contributed by atoms with Crippen LogP contribution >= 0.6 is 0 Å². The Morgan fingerprint density at radius 3 is 2.88 bits per heavy atom. The summed E-state index contributed by atoms with van der Waals surface area (Å²) in [6.45, 7) is 3.21. The molecule has 0 amide bonds. The van der Waals surface area contributed by atoms with Crippen LogP contribution in [0.5, 0.6) is 0 Å². The minimum atomic E-state index is -0.586. The average Bonchev–Trinajstić information content (AvgIpc) is 2.57. The molecular formula is C11H14FN3O2. The lowest BCUT2D eigenvalue weighted by molar-refractivity contribution is -0.385. The summed E-state index contributed by atoms with van der Waals surface area (Å²) < 4.78 is 13.8. The maximum atomic E-state index is 13.8. The zero-order chi connectivity index (χ0) is 12.3. The Morgan fingerprint density at radius 2 is 2.18 bits per heavy atom. The third kappa shape index (κ3) is 2.71. The van der Waals surface area contributed by atoms with Crippen molar-refractivity contribution in [1.29, 1.82) is 0 Å².